The van der Waals surface area contributed by atoms with E-state index < -0.39 is 0 Å². The van der Waals surface area contributed by atoms with Crippen molar-refractivity contribution >= 4 is 0 Å². The van der Waals surface area contributed by atoms with Gasteiger partial charge in [-0.3, -0.25) is 0 Å². The Morgan fingerprint density at radius 2 is 1.17 bits per heavy atom. The molecule has 0 aromatic heterocycles. The van der Waals surface area contributed by atoms with Gasteiger partial charge in [-0.25, -0.2) is 0 Å². The maximum atomic E-state index is 4.31. The maximum Gasteiger partial charge on any atom is 0.0104 e. The number of allylic oxidation sites excluding steroid dienone is 2. The van der Waals surface area contributed by atoms with Gasteiger partial charge in [0.15, 0.2) is 0 Å². The van der Waals surface area contributed by atoms with Crippen LogP contribution >= 0.6 is 0 Å². The summed E-state index contributed by atoms with van der Waals surface area (Å²) in [7, 11) is 0. The van der Waals surface area contributed by atoms with Crippen LogP contribution < -0.4 is 5.32 Å². The van der Waals surface area contributed by atoms with E-state index in [1.165, 1.54) is 44.9 Å². The third-order valence-electron chi connectivity index (χ3n) is 17.2. The summed E-state index contributed by atoms with van der Waals surface area (Å²) in [6.07, 6.45) is 42.7. The molecule has 1 aliphatic heterocycles. The van der Waals surface area contributed by atoms with E-state index in [0.717, 1.165) is 88.5 Å². The van der Waals surface area contributed by atoms with Crippen LogP contribution in [0.1, 0.15) is 154 Å². The molecule has 0 spiro atoms. The molecule has 8 aliphatic carbocycles. The van der Waals surface area contributed by atoms with Crippen LogP contribution in [-0.2, 0) is 0 Å². The lowest BCUT2D eigenvalue weighted by molar-refractivity contribution is -0.0758. The Bertz CT molecular complexity index is 977. The first-order valence-corrected chi connectivity index (χ1v) is 20.2. The van der Waals surface area contributed by atoms with E-state index in [0.29, 0.717) is 0 Å². The average molecular weight is 572 g/mol. The van der Waals surface area contributed by atoms with Crippen LogP contribution in [0.15, 0.2) is 12.2 Å². The first-order valence-electron chi connectivity index (χ1n) is 20.2. The molecule has 7 saturated carbocycles. The number of rotatable bonds is 3. The SMILES string of the molecule is C1=CCC(C2(C3CCCCC3)C3CCCCC3C3CCC(C4CCC5NC6CCC7CCCCC7[C@@H]6C5C4)CC32)CC1. The van der Waals surface area contributed by atoms with Gasteiger partial charge in [-0.1, -0.05) is 63.5 Å². The van der Waals surface area contributed by atoms with E-state index >= 15 is 0 Å². The molecule has 9 aliphatic rings. The fourth-order valence-corrected chi connectivity index (χ4v) is 16.1. The quantitative estimate of drug-likeness (QED) is 0.332. The van der Waals surface area contributed by atoms with Gasteiger partial charge < -0.3 is 5.32 Å². The van der Waals surface area contributed by atoms with Crippen molar-refractivity contribution in [1.82, 2.24) is 5.32 Å². The van der Waals surface area contributed by atoms with Crippen molar-refractivity contribution in [2.45, 2.75) is 166 Å². The summed E-state index contributed by atoms with van der Waals surface area (Å²) in [5.41, 5.74) is 0.718. The molecule has 0 amide bonds. The smallest absolute Gasteiger partial charge is 0.0104 e. The molecule has 1 saturated heterocycles. The molecule has 14 atom stereocenters. The third kappa shape index (κ3) is 4.37. The largest absolute Gasteiger partial charge is 0.311 e. The Morgan fingerprint density at radius 3 is 2.05 bits per heavy atom. The predicted molar refractivity (Wildman–Crippen MR) is 175 cm³/mol. The van der Waals surface area contributed by atoms with Crippen molar-refractivity contribution in [2.75, 3.05) is 0 Å². The standard InChI is InChI=1S/C41H65N/c1-3-12-30(13-4-1)41(31-14-5-2-6-15-31)36-18-10-9-17-33(36)34-22-19-29(26-37(34)41)28-21-23-38-35(25-28)40-32-16-8-7-11-27(32)20-24-39(40)42-38/h1,3,27-40,42H,2,4-26H2/t27?,28?,29?,30?,32?,33?,34?,35?,36?,37?,38?,39?,40-,41?/m1/s1. The Morgan fingerprint density at radius 1 is 0.452 bits per heavy atom. The highest BCUT2D eigenvalue weighted by atomic mass is 15.0. The first kappa shape index (κ1) is 28.0. The van der Waals surface area contributed by atoms with Crippen LogP contribution in [0.25, 0.3) is 0 Å². The van der Waals surface area contributed by atoms with Crippen LogP contribution in [0.2, 0.25) is 0 Å². The highest BCUT2D eigenvalue weighted by molar-refractivity contribution is 5.16. The minimum atomic E-state index is 0.718. The Labute approximate surface area is 259 Å². The average Bonchev–Trinajstić information content (AvgIpc) is 3.59. The molecule has 1 nitrogen and oxygen atoms in total. The molecule has 9 rings (SSSR count). The zero-order valence-electron chi connectivity index (χ0n) is 27.2. The van der Waals surface area contributed by atoms with Gasteiger partial charge in [-0.05, 0) is 179 Å². The number of fused-ring (bicyclic) bond motifs is 8. The zero-order valence-corrected chi connectivity index (χ0v) is 27.2. The van der Waals surface area contributed by atoms with Crippen molar-refractivity contribution in [2.24, 2.45) is 76.4 Å². The van der Waals surface area contributed by atoms with Gasteiger partial charge in [-0.15, -0.1) is 0 Å². The summed E-state index contributed by atoms with van der Waals surface area (Å²) in [4.78, 5) is 0. The van der Waals surface area contributed by atoms with Crippen LogP contribution in [-0.4, -0.2) is 12.1 Å². The molecular weight excluding hydrogens is 506 g/mol. The van der Waals surface area contributed by atoms with Gasteiger partial charge in [0.05, 0.1) is 0 Å². The lowest BCUT2D eigenvalue weighted by Gasteiger charge is -2.56. The second-order valence-electron chi connectivity index (χ2n) is 18.2. The second kappa shape index (κ2) is 11.5. The van der Waals surface area contributed by atoms with Crippen molar-refractivity contribution in [3.63, 3.8) is 0 Å². The van der Waals surface area contributed by atoms with Crippen LogP contribution in [0.3, 0.4) is 0 Å². The topological polar surface area (TPSA) is 12.0 Å². The molecule has 234 valence electrons. The minimum Gasteiger partial charge on any atom is -0.311 e. The van der Waals surface area contributed by atoms with Gasteiger partial charge in [0, 0.05) is 12.1 Å². The second-order valence-corrected chi connectivity index (χ2v) is 18.2. The van der Waals surface area contributed by atoms with Crippen molar-refractivity contribution in [1.29, 1.82) is 0 Å². The maximum absolute atomic E-state index is 4.31. The molecule has 1 heteroatoms. The molecule has 0 aromatic rings. The molecular formula is C41H65N. The monoisotopic (exact) mass is 572 g/mol. The van der Waals surface area contributed by atoms with E-state index in [1.54, 1.807) is 109 Å². The third-order valence-corrected chi connectivity index (χ3v) is 17.2. The summed E-state index contributed by atoms with van der Waals surface area (Å²) < 4.78 is 0. The fraction of sp³-hybridized carbons (Fsp3) is 0.951. The number of hydrogen-bond acceptors (Lipinski definition) is 1. The van der Waals surface area contributed by atoms with Gasteiger partial charge in [-0.2, -0.15) is 0 Å². The lowest BCUT2D eigenvalue weighted by Crippen LogP contribution is -2.50. The molecule has 0 bridgehead atoms. The summed E-state index contributed by atoms with van der Waals surface area (Å²) >= 11 is 0. The zero-order chi connectivity index (χ0) is 27.7. The van der Waals surface area contributed by atoms with Gasteiger partial charge in [0.25, 0.3) is 0 Å². The van der Waals surface area contributed by atoms with Gasteiger partial charge in [0.2, 0.25) is 0 Å². The van der Waals surface area contributed by atoms with E-state index in [2.05, 4.69) is 17.5 Å². The van der Waals surface area contributed by atoms with Gasteiger partial charge in [0.1, 0.15) is 0 Å². The molecule has 1 N–H and O–H groups in total. The molecule has 13 unspecified atom stereocenters. The highest BCUT2D eigenvalue weighted by Gasteiger charge is 2.66. The molecule has 1 heterocycles. The number of nitrogens with one attached hydrogen (secondary N) is 1. The predicted octanol–water partition coefficient (Wildman–Crippen LogP) is 10.7. The van der Waals surface area contributed by atoms with E-state index in [-0.39, 0.29) is 0 Å². The van der Waals surface area contributed by atoms with E-state index in [9.17, 15) is 0 Å². The van der Waals surface area contributed by atoms with Crippen LogP contribution in [0, 0.1) is 76.4 Å². The van der Waals surface area contributed by atoms with E-state index in [4.69, 9.17) is 0 Å². The molecule has 0 aromatic carbocycles. The normalized spacial score (nSPS) is 54.3. The lowest BCUT2D eigenvalue weighted by atomic mass is 9.48. The van der Waals surface area contributed by atoms with E-state index in [1.807, 2.05) is 0 Å². The first-order chi connectivity index (χ1) is 20.8. The number of hydrogen-bond donors (Lipinski definition) is 1. The highest BCUT2D eigenvalue weighted by Crippen LogP contribution is 2.72. The summed E-state index contributed by atoms with van der Waals surface area (Å²) in [6.45, 7) is 0. The molecule has 0 radical (unpaired) electrons. The van der Waals surface area contributed by atoms with Crippen LogP contribution in [0.5, 0.6) is 0 Å². The summed E-state index contributed by atoms with van der Waals surface area (Å²) in [5.74, 6) is 12.9. The Hall–Kier alpha value is -0.300. The summed E-state index contributed by atoms with van der Waals surface area (Å²) in [5, 5.41) is 4.31. The summed E-state index contributed by atoms with van der Waals surface area (Å²) in [6, 6.07) is 1.78. The van der Waals surface area contributed by atoms with Crippen molar-refractivity contribution < 1.29 is 0 Å². The molecule has 8 fully saturated rings. The Kier molecular flexibility index (Phi) is 7.65. The van der Waals surface area contributed by atoms with Gasteiger partial charge >= 0.3 is 0 Å². The minimum absolute atomic E-state index is 0.718. The Balaban J connectivity index is 1.01. The fourth-order valence-electron chi connectivity index (χ4n) is 16.1. The molecule has 42 heavy (non-hydrogen) atoms. The van der Waals surface area contributed by atoms with Crippen molar-refractivity contribution in [3.8, 4) is 0 Å². The van der Waals surface area contributed by atoms with Crippen molar-refractivity contribution in [3.05, 3.63) is 12.2 Å². The van der Waals surface area contributed by atoms with Crippen LogP contribution in [0.4, 0.5) is 0 Å².